The zero-order chi connectivity index (χ0) is 17.5. The van der Waals surface area contributed by atoms with Gasteiger partial charge in [-0.1, -0.05) is 58.3 Å². The summed E-state index contributed by atoms with van der Waals surface area (Å²) in [5.74, 6) is -0.740. The van der Waals surface area contributed by atoms with Crippen molar-refractivity contribution in [3.8, 4) is 0 Å². The molecular formula is C18H36N2O3. The van der Waals surface area contributed by atoms with Crippen molar-refractivity contribution in [2.24, 2.45) is 5.73 Å². The van der Waals surface area contributed by atoms with Crippen molar-refractivity contribution in [1.82, 2.24) is 4.90 Å². The highest BCUT2D eigenvalue weighted by Gasteiger charge is 2.16. The van der Waals surface area contributed by atoms with E-state index in [2.05, 4.69) is 13.8 Å². The predicted molar refractivity (Wildman–Crippen MR) is 94.5 cm³/mol. The van der Waals surface area contributed by atoms with Crippen LogP contribution in [0.25, 0.3) is 0 Å². The SMILES string of the molecule is CCCCCCCCC(C)N(CCCCCCC(=O)O)C(N)=O. The molecule has 0 aliphatic carbocycles. The summed E-state index contributed by atoms with van der Waals surface area (Å²) in [6.07, 6.45) is 12.2. The molecule has 0 aromatic heterocycles. The smallest absolute Gasteiger partial charge is 0.315 e. The number of rotatable bonds is 15. The number of urea groups is 1. The van der Waals surface area contributed by atoms with Crippen molar-refractivity contribution < 1.29 is 14.7 Å². The Morgan fingerprint density at radius 1 is 0.957 bits per heavy atom. The van der Waals surface area contributed by atoms with Crippen LogP contribution in [0, 0.1) is 0 Å². The molecule has 0 radical (unpaired) electrons. The van der Waals surface area contributed by atoms with Gasteiger partial charge in [0.05, 0.1) is 0 Å². The number of carboxylic acid groups (broad SMARTS) is 1. The van der Waals surface area contributed by atoms with E-state index in [0.29, 0.717) is 13.0 Å². The fourth-order valence-corrected chi connectivity index (χ4v) is 2.84. The van der Waals surface area contributed by atoms with Crippen LogP contribution in [-0.4, -0.2) is 34.6 Å². The Morgan fingerprint density at radius 3 is 2.13 bits per heavy atom. The van der Waals surface area contributed by atoms with E-state index < -0.39 is 5.97 Å². The van der Waals surface area contributed by atoms with Crippen molar-refractivity contribution in [3.63, 3.8) is 0 Å². The van der Waals surface area contributed by atoms with Gasteiger partial charge < -0.3 is 15.7 Å². The highest BCUT2D eigenvalue weighted by Crippen LogP contribution is 2.13. The number of primary amides is 1. The van der Waals surface area contributed by atoms with Crippen molar-refractivity contribution in [1.29, 1.82) is 0 Å². The summed E-state index contributed by atoms with van der Waals surface area (Å²) in [4.78, 5) is 23.8. The third-order valence-corrected chi connectivity index (χ3v) is 4.33. The van der Waals surface area contributed by atoms with E-state index in [4.69, 9.17) is 10.8 Å². The average Bonchev–Trinajstić information content (AvgIpc) is 2.49. The van der Waals surface area contributed by atoms with Gasteiger partial charge in [0.25, 0.3) is 0 Å². The van der Waals surface area contributed by atoms with Crippen LogP contribution in [0.5, 0.6) is 0 Å². The van der Waals surface area contributed by atoms with Gasteiger partial charge >= 0.3 is 12.0 Å². The van der Waals surface area contributed by atoms with E-state index in [1.807, 2.05) is 0 Å². The molecule has 0 aromatic carbocycles. The molecule has 5 nitrogen and oxygen atoms in total. The normalized spacial score (nSPS) is 12.1. The molecule has 0 bridgehead atoms. The molecule has 0 aliphatic rings. The minimum Gasteiger partial charge on any atom is -0.481 e. The maximum atomic E-state index is 11.6. The summed E-state index contributed by atoms with van der Waals surface area (Å²) in [5, 5.41) is 8.58. The lowest BCUT2D eigenvalue weighted by Gasteiger charge is -2.27. The van der Waals surface area contributed by atoms with Crippen LogP contribution in [0.4, 0.5) is 4.79 Å². The number of amides is 2. The van der Waals surface area contributed by atoms with Crippen molar-refractivity contribution in [2.75, 3.05) is 6.54 Å². The molecule has 0 fully saturated rings. The molecule has 1 unspecified atom stereocenters. The van der Waals surface area contributed by atoms with Crippen LogP contribution in [0.1, 0.15) is 90.9 Å². The summed E-state index contributed by atoms with van der Waals surface area (Å²) >= 11 is 0. The van der Waals surface area contributed by atoms with E-state index in [-0.39, 0.29) is 18.5 Å². The number of unbranched alkanes of at least 4 members (excludes halogenated alkanes) is 8. The fraction of sp³-hybridized carbons (Fsp3) is 0.889. The minimum absolute atomic E-state index is 0.192. The van der Waals surface area contributed by atoms with Gasteiger partial charge in [-0.2, -0.15) is 0 Å². The Hall–Kier alpha value is -1.26. The van der Waals surface area contributed by atoms with Gasteiger partial charge in [0.2, 0.25) is 0 Å². The van der Waals surface area contributed by atoms with Crippen LogP contribution in [-0.2, 0) is 4.79 Å². The lowest BCUT2D eigenvalue weighted by atomic mass is 10.1. The third kappa shape index (κ3) is 12.9. The number of aliphatic carboxylic acids is 1. The summed E-state index contributed by atoms with van der Waals surface area (Å²) in [6.45, 7) is 4.97. The highest BCUT2D eigenvalue weighted by molar-refractivity contribution is 5.72. The molecule has 0 heterocycles. The average molecular weight is 328 g/mol. The second-order valence-electron chi connectivity index (χ2n) is 6.50. The molecule has 1 atom stereocenters. The molecule has 5 heteroatoms. The number of carboxylic acids is 1. The van der Waals surface area contributed by atoms with Gasteiger partial charge in [0, 0.05) is 19.0 Å². The van der Waals surface area contributed by atoms with Crippen molar-refractivity contribution >= 4 is 12.0 Å². The Morgan fingerprint density at radius 2 is 1.52 bits per heavy atom. The van der Waals surface area contributed by atoms with Crippen LogP contribution in [0.15, 0.2) is 0 Å². The van der Waals surface area contributed by atoms with E-state index >= 15 is 0 Å². The molecule has 0 aliphatic heterocycles. The zero-order valence-electron chi connectivity index (χ0n) is 15.1. The van der Waals surface area contributed by atoms with Gasteiger partial charge in [0.1, 0.15) is 0 Å². The molecule has 0 rings (SSSR count). The molecule has 136 valence electrons. The van der Waals surface area contributed by atoms with Crippen LogP contribution in [0.3, 0.4) is 0 Å². The summed E-state index contributed by atoms with van der Waals surface area (Å²) in [6, 6.07) is -0.147. The van der Waals surface area contributed by atoms with Crippen LogP contribution < -0.4 is 5.73 Å². The van der Waals surface area contributed by atoms with Gasteiger partial charge in [-0.25, -0.2) is 4.79 Å². The Bertz CT molecular complexity index is 321. The first-order valence-corrected chi connectivity index (χ1v) is 9.26. The summed E-state index contributed by atoms with van der Waals surface area (Å²) in [7, 11) is 0. The lowest BCUT2D eigenvalue weighted by Crippen LogP contribution is -2.42. The molecule has 0 spiro atoms. The molecule has 2 amide bonds. The number of carbonyl (C=O) groups excluding carboxylic acids is 1. The minimum atomic E-state index is -0.740. The van der Waals surface area contributed by atoms with Gasteiger partial charge in [-0.15, -0.1) is 0 Å². The monoisotopic (exact) mass is 328 g/mol. The number of nitrogens with two attached hydrogens (primary N) is 1. The lowest BCUT2D eigenvalue weighted by molar-refractivity contribution is -0.137. The summed E-state index contributed by atoms with van der Waals surface area (Å²) < 4.78 is 0. The molecule has 3 N–H and O–H groups in total. The Kier molecular flexibility index (Phi) is 13.6. The van der Waals surface area contributed by atoms with E-state index in [1.54, 1.807) is 4.90 Å². The number of nitrogens with zero attached hydrogens (tertiary/aromatic N) is 1. The standard InChI is InChI=1S/C18H36N2O3/c1-3-4-5-6-7-10-13-16(2)20(18(19)23)15-12-9-8-11-14-17(21)22/h16H,3-15H2,1-2H3,(H2,19,23)(H,21,22). The molecule has 0 saturated heterocycles. The molecular weight excluding hydrogens is 292 g/mol. The van der Waals surface area contributed by atoms with Gasteiger partial charge in [-0.05, 0) is 26.2 Å². The predicted octanol–water partition coefficient (Wildman–Crippen LogP) is 4.54. The first kappa shape index (κ1) is 21.7. The van der Waals surface area contributed by atoms with Crippen molar-refractivity contribution in [3.05, 3.63) is 0 Å². The first-order valence-electron chi connectivity index (χ1n) is 9.26. The highest BCUT2D eigenvalue weighted by atomic mass is 16.4. The first-order chi connectivity index (χ1) is 11.0. The van der Waals surface area contributed by atoms with E-state index in [1.165, 1.54) is 32.1 Å². The summed E-state index contributed by atoms with van der Waals surface area (Å²) in [5.41, 5.74) is 5.50. The van der Waals surface area contributed by atoms with Crippen LogP contribution in [0.2, 0.25) is 0 Å². The Labute approximate surface area is 141 Å². The molecule has 23 heavy (non-hydrogen) atoms. The molecule has 0 saturated carbocycles. The maximum absolute atomic E-state index is 11.6. The fourth-order valence-electron chi connectivity index (χ4n) is 2.84. The number of carbonyl (C=O) groups is 2. The number of hydrogen-bond acceptors (Lipinski definition) is 2. The van der Waals surface area contributed by atoms with Gasteiger partial charge in [-0.3, -0.25) is 4.79 Å². The maximum Gasteiger partial charge on any atom is 0.315 e. The van der Waals surface area contributed by atoms with E-state index in [0.717, 1.165) is 32.1 Å². The Balaban J connectivity index is 3.81. The number of hydrogen-bond donors (Lipinski definition) is 2. The van der Waals surface area contributed by atoms with E-state index in [9.17, 15) is 9.59 Å². The third-order valence-electron chi connectivity index (χ3n) is 4.33. The van der Waals surface area contributed by atoms with Crippen LogP contribution >= 0.6 is 0 Å². The topological polar surface area (TPSA) is 83.6 Å². The zero-order valence-corrected chi connectivity index (χ0v) is 15.1. The molecule has 0 aromatic rings. The largest absolute Gasteiger partial charge is 0.481 e. The quantitative estimate of drug-likeness (QED) is 0.433. The van der Waals surface area contributed by atoms with Gasteiger partial charge in [0.15, 0.2) is 0 Å². The second-order valence-corrected chi connectivity index (χ2v) is 6.50. The van der Waals surface area contributed by atoms with Crippen molar-refractivity contribution in [2.45, 2.75) is 96.9 Å². The second kappa shape index (κ2) is 14.3.